The van der Waals surface area contributed by atoms with E-state index in [-0.39, 0.29) is 68.6 Å². The van der Waals surface area contributed by atoms with Crippen molar-refractivity contribution in [2.75, 3.05) is 19.6 Å². The van der Waals surface area contributed by atoms with Gasteiger partial charge in [-0.1, -0.05) is 312 Å². The molecule has 0 N–H and O–H groups in total. The van der Waals surface area contributed by atoms with Crippen LogP contribution in [0.15, 0.2) is 255 Å². The van der Waals surface area contributed by atoms with Crippen LogP contribution in [0.4, 0.5) is 68.2 Å². The molecule has 0 aromatic heterocycles. The van der Waals surface area contributed by atoms with Crippen LogP contribution in [0.5, 0.6) is 0 Å². The Labute approximate surface area is 705 Å². The number of hydrogen-bond donors (Lipinski definition) is 0. The van der Waals surface area contributed by atoms with Crippen molar-refractivity contribution in [3.05, 3.63) is 333 Å². The van der Waals surface area contributed by atoms with E-state index in [0.717, 1.165) is 22.7 Å². The number of fused-ring (bicyclic) bond motifs is 8. The van der Waals surface area contributed by atoms with Crippen molar-refractivity contribution in [2.24, 2.45) is 0 Å². The van der Waals surface area contributed by atoms with E-state index in [1.807, 2.05) is 0 Å². The van der Waals surface area contributed by atoms with Gasteiger partial charge in [-0.15, -0.1) is 0 Å². The van der Waals surface area contributed by atoms with E-state index in [1.165, 1.54) is 178 Å². The molecule has 4 aliphatic heterocycles. The molecule has 4 nitrogen and oxygen atoms in total. The molecule has 0 fully saturated rings. The summed E-state index contributed by atoms with van der Waals surface area (Å²) in [7, 11) is 0. The number of anilines is 12. The fraction of sp³-hybridized carbons (Fsp3) is 0.304. The fourth-order valence-electron chi connectivity index (χ4n) is 20.3. The van der Waals surface area contributed by atoms with E-state index in [9.17, 15) is 0 Å². The van der Waals surface area contributed by atoms with Crippen LogP contribution in [0, 0.1) is 0 Å². The van der Waals surface area contributed by atoms with Gasteiger partial charge in [-0.25, -0.2) is 0 Å². The minimum atomic E-state index is -0.0825. The standard InChI is InChI=1S/C112H116B2N4/c1-105(2,3)71-31-43-79(44-32-71)115-93-53-39-75(109(13,14)15)63-89(93)113-90-64-76(110(16,17)18)40-54-94(90)116(80-45-33-72(34-46-80)106(4,5)6)98-60-69(59-97(115)103(98)113)67-29-51-85-87(57-67)102-84-28-26-25-27-83(84)101(85)86-52-30-68(58-88(86)102)70-61-99-104-100(62-70)118(82-49-37-74(38-50-82)108(10,11)12)96-56-42-78(112(22,23)24)66-92(96)114(104)91-65-77(111(19,20)21)41-55-95(91)117(99)81-47-35-73(36-48-81)107(7,8)9/h25-66,101-102H,1-24H3. The minimum absolute atomic E-state index is 0.0181. The molecule has 0 spiro atoms. The quantitative estimate of drug-likeness (QED) is 0.154. The van der Waals surface area contributed by atoms with Crippen molar-refractivity contribution in [2.45, 2.75) is 221 Å². The fourth-order valence-corrected chi connectivity index (χ4v) is 20.3. The summed E-state index contributed by atoms with van der Waals surface area (Å²) in [5.74, 6) is 0.0214. The van der Waals surface area contributed by atoms with Crippen LogP contribution in [0.2, 0.25) is 0 Å². The van der Waals surface area contributed by atoms with Gasteiger partial charge in [0, 0.05) is 80.1 Å². The van der Waals surface area contributed by atoms with E-state index in [4.69, 9.17) is 0 Å². The summed E-state index contributed by atoms with van der Waals surface area (Å²) >= 11 is 0. The normalized spacial score (nSPS) is 15.9. The summed E-state index contributed by atoms with van der Waals surface area (Å²) in [6.45, 7) is 56.2. The van der Waals surface area contributed by atoms with E-state index < -0.39 is 0 Å². The third kappa shape index (κ3) is 12.5. The predicted octanol–water partition coefficient (Wildman–Crippen LogP) is 26.6. The highest BCUT2D eigenvalue weighted by Gasteiger charge is 2.49. The molecule has 6 heteroatoms. The van der Waals surface area contributed by atoms with Gasteiger partial charge in [0.25, 0.3) is 13.4 Å². The minimum Gasteiger partial charge on any atom is -0.311 e. The Morgan fingerprint density at radius 1 is 0.186 bits per heavy atom. The maximum absolute atomic E-state index is 2.63. The van der Waals surface area contributed by atoms with Gasteiger partial charge in [-0.2, -0.15) is 0 Å². The molecule has 2 bridgehead atoms. The van der Waals surface area contributed by atoms with Crippen LogP contribution in [-0.2, 0) is 43.3 Å². The Kier molecular flexibility index (Phi) is 17.2. The smallest absolute Gasteiger partial charge is 0.252 e. The average molecular weight is 1540 g/mol. The topological polar surface area (TPSA) is 13.0 Å². The molecule has 4 heterocycles. The highest BCUT2D eigenvalue weighted by Crippen LogP contribution is 2.59. The van der Waals surface area contributed by atoms with Gasteiger partial charge in [-0.3, -0.25) is 0 Å². The number of hydrogen-bond acceptors (Lipinski definition) is 4. The summed E-state index contributed by atoms with van der Waals surface area (Å²) in [6.07, 6.45) is 0. The average Bonchev–Trinajstić information content (AvgIpc) is 0.699. The van der Waals surface area contributed by atoms with Crippen molar-refractivity contribution in [1.29, 1.82) is 0 Å². The first-order valence-electron chi connectivity index (χ1n) is 43.5. The lowest BCUT2D eigenvalue weighted by Crippen LogP contribution is -2.61. The molecule has 13 aromatic carbocycles. The van der Waals surface area contributed by atoms with Crippen LogP contribution in [0.25, 0.3) is 22.3 Å². The van der Waals surface area contributed by atoms with Gasteiger partial charge < -0.3 is 19.6 Å². The summed E-state index contributed by atoms with van der Waals surface area (Å²) in [4.78, 5) is 10.5. The molecule has 118 heavy (non-hydrogen) atoms. The molecular formula is C112H116B2N4. The molecule has 7 aliphatic rings. The first-order valence-corrected chi connectivity index (χ1v) is 43.5. The van der Waals surface area contributed by atoms with Gasteiger partial charge >= 0.3 is 0 Å². The van der Waals surface area contributed by atoms with E-state index in [2.05, 4.69) is 441 Å². The molecule has 0 amide bonds. The molecule has 13 aromatic rings. The second-order valence-corrected chi connectivity index (χ2v) is 43.5. The summed E-state index contributed by atoms with van der Waals surface area (Å²) in [5, 5.41) is 0. The van der Waals surface area contributed by atoms with Gasteiger partial charge in [0.2, 0.25) is 0 Å². The molecule has 0 atom stereocenters. The highest BCUT2D eigenvalue weighted by atomic mass is 15.2. The lowest BCUT2D eigenvalue weighted by atomic mass is 9.33. The van der Waals surface area contributed by atoms with Crippen LogP contribution < -0.4 is 52.4 Å². The maximum atomic E-state index is 2.63. The lowest BCUT2D eigenvalue weighted by Gasteiger charge is -2.45. The first kappa shape index (κ1) is 77.1. The zero-order chi connectivity index (χ0) is 83.1. The molecule has 3 aliphatic carbocycles. The molecule has 0 saturated carbocycles. The van der Waals surface area contributed by atoms with Gasteiger partial charge in [0.05, 0.1) is 0 Å². The van der Waals surface area contributed by atoms with Gasteiger partial charge in [0.15, 0.2) is 0 Å². The predicted molar refractivity (Wildman–Crippen MR) is 510 cm³/mol. The lowest BCUT2D eigenvalue weighted by molar-refractivity contribution is 0.590. The Balaban J connectivity index is 0.834. The van der Waals surface area contributed by atoms with Gasteiger partial charge in [0.1, 0.15) is 0 Å². The second kappa shape index (κ2) is 26.3. The molecule has 20 rings (SSSR count). The highest BCUT2D eigenvalue weighted by molar-refractivity contribution is 7.01. The van der Waals surface area contributed by atoms with E-state index >= 15 is 0 Å². The SMILES string of the molecule is CC(C)(C)c1ccc(N2c3ccc(C(C)(C)C)cc3B3c4cc(C(C)(C)C)ccc4N(c4ccc(C(C)(C)C)cc4)c4cc(-c5ccc6c(c5)C5c7ccccc7C6c6ccc(-c7cc8c9c(c7)N(c7ccc(C(C)(C)C)cc7)c7ccc(C(C)(C)C)cc7B9c7cc(C(C)(C)C)ccc7N8c7ccc(C(C)(C)C)cc7)cc65)cc2c43)cc1. The third-order valence-corrected chi connectivity index (χ3v) is 27.3. The summed E-state index contributed by atoms with van der Waals surface area (Å²) in [5.41, 5.74) is 45.8. The van der Waals surface area contributed by atoms with Crippen molar-refractivity contribution in [3.8, 4) is 22.3 Å². The second-order valence-electron chi connectivity index (χ2n) is 43.5. The number of rotatable bonds is 6. The molecular weight excluding hydrogens is 1420 g/mol. The molecule has 0 radical (unpaired) electrons. The maximum Gasteiger partial charge on any atom is 0.252 e. The first-order chi connectivity index (χ1) is 55.6. The Bertz CT molecular complexity index is 5620. The van der Waals surface area contributed by atoms with Crippen molar-refractivity contribution in [1.82, 2.24) is 0 Å². The Hall–Kier alpha value is -10.8. The number of benzene rings is 13. The van der Waals surface area contributed by atoms with E-state index in [0.29, 0.717) is 0 Å². The molecule has 0 unspecified atom stereocenters. The molecule has 590 valence electrons. The van der Waals surface area contributed by atoms with Crippen LogP contribution in [0.3, 0.4) is 0 Å². The summed E-state index contributed by atoms with van der Waals surface area (Å²) < 4.78 is 0. The van der Waals surface area contributed by atoms with Crippen molar-refractivity contribution < 1.29 is 0 Å². The van der Waals surface area contributed by atoms with Crippen molar-refractivity contribution >= 4 is 114 Å². The Morgan fingerprint density at radius 2 is 0.398 bits per heavy atom. The molecule has 0 saturated heterocycles. The monoisotopic (exact) mass is 1540 g/mol. The third-order valence-electron chi connectivity index (χ3n) is 27.3. The largest absolute Gasteiger partial charge is 0.311 e. The van der Waals surface area contributed by atoms with Crippen LogP contribution in [-0.4, -0.2) is 13.4 Å². The zero-order valence-corrected chi connectivity index (χ0v) is 74.3. The summed E-state index contributed by atoms with van der Waals surface area (Å²) in [6, 6.07) is 103. The van der Waals surface area contributed by atoms with Crippen molar-refractivity contribution in [3.63, 3.8) is 0 Å². The zero-order valence-electron chi connectivity index (χ0n) is 74.3. The Morgan fingerprint density at radius 3 is 0.627 bits per heavy atom. The van der Waals surface area contributed by atoms with E-state index in [1.54, 1.807) is 0 Å². The van der Waals surface area contributed by atoms with Crippen LogP contribution in [0.1, 0.15) is 256 Å². The number of nitrogens with zero attached hydrogens (tertiary/aromatic N) is 4. The van der Waals surface area contributed by atoms with Crippen LogP contribution >= 0.6 is 0 Å². The van der Waals surface area contributed by atoms with Gasteiger partial charge in [-0.05, 0) is 285 Å².